The highest BCUT2D eigenvalue weighted by atomic mass is 16.5. The normalized spacial score (nSPS) is 10.6. The van der Waals surface area contributed by atoms with E-state index in [1.807, 2.05) is 27.7 Å². The largest absolute Gasteiger partial charge is 0.466 e. The highest BCUT2D eigenvalue weighted by Crippen LogP contribution is 2.05. The van der Waals surface area contributed by atoms with Gasteiger partial charge in [0, 0.05) is 19.0 Å². The molecular weight excluding hydrogens is 242 g/mol. The Hall–Kier alpha value is -1.32. The van der Waals surface area contributed by atoms with Crippen LogP contribution in [0.3, 0.4) is 0 Å². The number of unbranched alkanes of at least 4 members (excludes halogenated alkanes) is 1. The molecule has 0 aromatic carbocycles. The van der Waals surface area contributed by atoms with Crippen LogP contribution in [0.25, 0.3) is 0 Å². The molecule has 0 radical (unpaired) electrons. The van der Waals surface area contributed by atoms with Crippen molar-refractivity contribution in [3.05, 3.63) is 12.7 Å². The zero-order valence-corrected chi connectivity index (χ0v) is 12.6. The second kappa shape index (κ2) is 9.59. The minimum absolute atomic E-state index is 0.0493. The van der Waals surface area contributed by atoms with Gasteiger partial charge in [-0.15, -0.1) is 0 Å². The molecule has 0 atom stereocenters. The first-order valence-corrected chi connectivity index (χ1v) is 6.97. The number of ether oxygens (including phenoxy) is 1. The predicted octanol–water partition coefficient (Wildman–Crippen LogP) is 2.78. The van der Waals surface area contributed by atoms with Crippen LogP contribution in [0.2, 0.25) is 0 Å². The van der Waals surface area contributed by atoms with Crippen molar-refractivity contribution >= 4 is 11.9 Å². The van der Waals surface area contributed by atoms with Gasteiger partial charge in [0.05, 0.1) is 6.61 Å². The molecule has 4 heteroatoms. The van der Waals surface area contributed by atoms with E-state index in [-0.39, 0.29) is 17.9 Å². The Morgan fingerprint density at radius 2 is 1.84 bits per heavy atom. The number of esters is 1. The third-order valence-electron chi connectivity index (χ3n) is 2.71. The molecule has 0 spiro atoms. The van der Waals surface area contributed by atoms with E-state index in [0.29, 0.717) is 25.5 Å². The molecule has 0 bridgehead atoms. The molecule has 0 aliphatic carbocycles. The molecule has 0 rings (SSSR count). The Kier molecular flexibility index (Phi) is 8.92. The van der Waals surface area contributed by atoms with E-state index < -0.39 is 0 Å². The lowest BCUT2D eigenvalue weighted by atomic mass is 10.1. The van der Waals surface area contributed by atoms with Gasteiger partial charge in [0.15, 0.2) is 0 Å². The zero-order chi connectivity index (χ0) is 14.8. The van der Waals surface area contributed by atoms with Gasteiger partial charge < -0.3 is 9.64 Å². The Balaban J connectivity index is 3.80. The average Bonchev–Trinajstić information content (AvgIpc) is 2.31. The summed E-state index contributed by atoms with van der Waals surface area (Å²) in [6.45, 7) is 12.5. The SMILES string of the molecule is C=CC(=O)N(CCCCOC(=O)CC(C)C)C(C)C. The molecule has 4 nitrogen and oxygen atoms in total. The van der Waals surface area contributed by atoms with Gasteiger partial charge in [0.25, 0.3) is 0 Å². The van der Waals surface area contributed by atoms with Gasteiger partial charge in [-0.25, -0.2) is 0 Å². The first-order valence-electron chi connectivity index (χ1n) is 6.97. The summed E-state index contributed by atoms with van der Waals surface area (Å²) in [6, 6.07) is 0.161. The Labute approximate surface area is 116 Å². The lowest BCUT2D eigenvalue weighted by Crippen LogP contribution is -2.36. The Bertz CT molecular complexity index is 298. The van der Waals surface area contributed by atoms with Crippen LogP contribution < -0.4 is 0 Å². The summed E-state index contributed by atoms with van der Waals surface area (Å²) in [6.07, 6.45) is 3.40. The lowest BCUT2D eigenvalue weighted by molar-refractivity contribution is -0.144. The van der Waals surface area contributed by atoms with Crippen molar-refractivity contribution in [3.8, 4) is 0 Å². The smallest absolute Gasteiger partial charge is 0.306 e. The summed E-state index contributed by atoms with van der Waals surface area (Å²) in [5.74, 6) is 0.138. The number of carbonyl (C=O) groups excluding carboxylic acids is 2. The topological polar surface area (TPSA) is 46.6 Å². The van der Waals surface area contributed by atoms with Crippen molar-refractivity contribution in [3.63, 3.8) is 0 Å². The van der Waals surface area contributed by atoms with Gasteiger partial charge in [0.1, 0.15) is 0 Å². The van der Waals surface area contributed by atoms with Crippen molar-refractivity contribution in [2.45, 2.75) is 53.0 Å². The van der Waals surface area contributed by atoms with Crippen LogP contribution in [-0.4, -0.2) is 36.0 Å². The van der Waals surface area contributed by atoms with Gasteiger partial charge in [-0.05, 0) is 38.7 Å². The van der Waals surface area contributed by atoms with Crippen LogP contribution in [0.4, 0.5) is 0 Å². The fourth-order valence-electron chi connectivity index (χ4n) is 1.70. The highest BCUT2D eigenvalue weighted by Gasteiger charge is 2.13. The summed E-state index contributed by atoms with van der Waals surface area (Å²) in [4.78, 5) is 24.6. The molecule has 1 amide bonds. The van der Waals surface area contributed by atoms with Crippen LogP contribution in [0.15, 0.2) is 12.7 Å². The maximum Gasteiger partial charge on any atom is 0.306 e. The van der Waals surface area contributed by atoms with Crippen molar-refractivity contribution in [2.75, 3.05) is 13.2 Å². The number of hydrogen-bond acceptors (Lipinski definition) is 3. The van der Waals surface area contributed by atoms with Gasteiger partial charge in [-0.3, -0.25) is 9.59 Å². The van der Waals surface area contributed by atoms with Crippen LogP contribution in [0.1, 0.15) is 47.0 Å². The summed E-state index contributed by atoms with van der Waals surface area (Å²) >= 11 is 0. The van der Waals surface area contributed by atoms with E-state index in [4.69, 9.17) is 4.74 Å². The predicted molar refractivity (Wildman–Crippen MR) is 76.7 cm³/mol. The van der Waals surface area contributed by atoms with E-state index in [2.05, 4.69) is 6.58 Å². The monoisotopic (exact) mass is 269 g/mol. The maximum atomic E-state index is 11.6. The van der Waals surface area contributed by atoms with Crippen molar-refractivity contribution in [1.29, 1.82) is 0 Å². The number of amides is 1. The molecule has 0 saturated carbocycles. The molecule has 0 fully saturated rings. The van der Waals surface area contributed by atoms with Gasteiger partial charge in [0.2, 0.25) is 5.91 Å². The molecule has 0 aliphatic rings. The third-order valence-corrected chi connectivity index (χ3v) is 2.71. The number of carbonyl (C=O) groups is 2. The Morgan fingerprint density at radius 1 is 1.21 bits per heavy atom. The summed E-state index contributed by atoms with van der Waals surface area (Å²) < 4.78 is 5.12. The van der Waals surface area contributed by atoms with E-state index in [1.54, 1.807) is 4.90 Å². The van der Waals surface area contributed by atoms with Crippen LogP contribution >= 0.6 is 0 Å². The van der Waals surface area contributed by atoms with Crippen molar-refractivity contribution < 1.29 is 14.3 Å². The molecule has 0 aromatic rings. The standard InChI is InChI=1S/C15H27NO3/c1-6-14(17)16(13(4)5)9-7-8-10-19-15(18)11-12(2)3/h6,12-13H,1,7-11H2,2-5H3. The van der Waals surface area contributed by atoms with E-state index in [0.717, 1.165) is 12.8 Å². The lowest BCUT2D eigenvalue weighted by Gasteiger charge is -2.25. The highest BCUT2D eigenvalue weighted by molar-refractivity contribution is 5.87. The van der Waals surface area contributed by atoms with Crippen LogP contribution in [0.5, 0.6) is 0 Å². The fraction of sp³-hybridized carbons (Fsp3) is 0.733. The fourth-order valence-corrected chi connectivity index (χ4v) is 1.70. The summed E-state index contributed by atoms with van der Waals surface area (Å²) in [5, 5.41) is 0. The molecule has 0 saturated heterocycles. The molecule has 110 valence electrons. The minimum atomic E-state index is -0.141. The van der Waals surface area contributed by atoms with E-state index >= 15 is 0 Å². The van der Waals surface area contributed by atoms with Gasteiger partial charge >= 0.3 is 5.97 Å². The van der Waals surface area contributed by atoms with Crippen LogP contribution in [-0.2, 0) is 14.3 Å². The van der Waals surface area contributed by atoms with Gasteiger partial charge in [-0.2, -0.15) is 0 Å². The third kappa shape index (κ3) is 8.41. The quantitative estimate of drug-likeness (QED) is 0.367. The molecule has 0 aromatic heterocycles. The minimum Gasteiger partial charge on any atom is -0.466 e. The van der Waals surface area contributed by atoms with Crippen LogP contribution in [0, 0.1) is 5.92 Å². The summed E-state index contributed by atoms with van der Waals surface area (Å²) in [5.41, 5.74) is 0. The van der Waals surface area contributed by atoms with Crippen molar-refractivity contribution in [2.24, 2.45) is 5.92 Å². The number of rotatable bonds is 9. The molecule has 0 heterocycles. The second-order valence-electron chi connectivity index (χ2n) is 5.36. The maximum absolute atomic E-state index is 11.6. The molecule has 0 N–H and O–H groups in total. The molecule has 0 aliphatic heterocycles. The second-order valence-corrected chi connectivity index (χ2v) is 5.36. The first kappa shape index (κ1) is 17.7. The van der Waals surface area contributed by atoms with Gasteiger partial charge in [-0.1, -0.05) is 20.4 Å². The molecular formula is C15H27NO3. The van der Waals surface area contributed by atoms with E-state index in [1.165, 1.54) is 6.08 Å². The average molecular weight is 269 g/mol. The Morgan fingerprint density at radius 3 is 2.32 bits per heavy atom. The van der Waals surface area contributed by atoms with E-state index in [9.17, 15) is 9.59 Å². The molecule has 19 heavy (non-hydrogen) atoms. The zero-order valence-electron chi connectivity index (χ0n) is 12.6. The molecule has 0 unspecified atom stereocenters. The summed E-state index contributed by atoms with van der Waals surface area (Å²) in [7, 11) is 0. The number of hydrogen-bond donors (Lipinski definition) is 0. The van der Waals surface area contributed by atoms with Crippen molar-refractivity contribution in [1.82, 2.24) is 4.90 Å². The first-order chi connectivity index (χ1) is 8.88. The number of nitrogens with zero attached hydrogens (tertiary/aromatic N) is 1.